The van der Waals surface area contributed by atoms with Crippen molar-refractivity contribution in [3.63, 3.8) is 0 Å². The van der Waals surface area contributed by atoms with Crippen molar-refractivity contribution in [2.45, 2.75) is 24.8 Å². The number of nitrogens with one attached hydrogen (secondary N) is 1. The molecule has 0 radical (unpaired) electrons. The third-order valence-corrected chi connectivity index (χ3v) is 3.40. The summed E-state index contributed by atoms with van der Waals surface area (Å²) in [5, 5.41) is 22.4. The number of aliphatic hydroxyl groups is 1. The van der Waals surface area contributed by atoms with Crippen LogP contribution in [-0.4, -0.2) is 28.1 Å². The number of nitro benzene ring substituents is 1. The van der Waals surface area contributed by atoms with Gasteiger partial charge in [0, 0.05) is 12.1 Å². The zero-order valence-electron chi connectivity index (χ0n) is 10.1. The minimum Gasteiger partial charge on any atom is -0.394 e. The van der Waals surface area contributed by atoms with Crippen molar-refractivity contribution >= 4 is 11.6 Å². The van der Waals surface area contributed by atoms with E-state index in [2.05, 4.69) is 5.32 Å². The Balaban J connectivity index is 2.23. The van der Waals surface area contributed by atoms with Crippen LogP contribution >= 0.6 is 0 Å². The number of nitro groups is 1. The van der Waals surface area contributed by atoms with Crippen molar-refractivity contribution in [3.8, 4) is 0 Å². The fourth-order valence-corrected chi connectivity index (χ4v) is 2.04. The lowest BCUT2D eigenvalue weighted by Gasteiger charge is -2.40. The standard InChI is InChI=1S/C12H13FN2O4/c13-10-3-2-8(15(18)19)6-9(10)11(17)14-12(7-16)4-1-5-12/h2-3,6,16H,1,4-5,7H2,(H,14,17). The smallest absolute Gasteiger partial charge is 0.270 e. The van der Waals surface area contributed by atoms with Gasteiger partial charge in [0.1, 0.15) is 5.82 Å². The maximum absolute atomic E-state index is 13.5. The van der Waals surface area contributed by atoms with Gasteiger partial charge in [-0.2, -0.15) is 0 Å². The Kier molecular flexibility index (Phi) is 3.48. The first-order chi connectivity index (χ1) is 8.97. The number of amides is 1. The van der Waals surface area contributed by atoms with Gasteiger partial charge in [0.2, 0.25) is 0 Å². The molecule has 0 atom stereocenters. The van der Waals surface area contributed by atoms with Gasteiger partial charge < -0.3 is 10.4 Å². The maximum Gasteiger partial charge on any atom is 0.270 e. The molecular formula is C12H13FN2O4. The van der Waals surface area contributed by atoms with E-state index in [0.717, 1.165) is 24.6 Å². The number of nitrogens with zero attached hydrogens (tertiary/aromatic N) is 1. The number of hydrogen-bond donors (Lipinski definition) is 2. The number of carbonyl (C=O) groups excluding carboxylic acids is 1. The Morgan fingerprint density at radius 3 is 2.68 bits per heavy atom. The monoisotopic (exact) mass is 268 g/mol. The third-order valence-electron chi connectivity index (χ3n) is 3.40. The second-order valence-corrected chi connectivity index (χ2v) is 4.67. The summed E-state index contributed by atoms with van der Waals surface area (Å²) in [4.78, 5) is 21.8. The van der Waals surface area contributed by atoms with E-state index in [4.69, 9.17) is 0 Å². The molecule has 0 aliphatic heterocycles. The summed E-state index contributed by atoms with van der Waals surface area (Å²) in [5.74, 6) is -1.56. The highest BCUT2D eigenvalue weighted by atomic mass is 19.1. The molecule has 0 heterocycles. The molecular weight excluding hydrogens is 255 g/mol. The van der Waals surface area contributed by atoms with Gasteiger partial charge in [-0.15, -0.1) is 0 Å². The van der Waals surface area contributed by atoms with Crippen molar-refractivity contribution in [2.75, 3.05) is 6.61 Å². The molecule has 102 valence electrons. The molecule has 1 aliphatic rings. The topological polar surface area (TPSA) is 92.5 Å². The Labute approximate surface area is 108 Å². The Hall–Kier alpha value is -2.02. The summed E-state index contributed by atoms with van der Waals surface area (Å²) < 4.78 is 13.5. The lowest BCUT2D eigenvalue weighted by atomic mass is 9.77. The van der Waals surface area contributed by atoms with Gasteiger partial charge in [-0.05, 0) is 25.3 Å². The van der Waals surface area contributed by atoms with E-state index in [-0.39, 0.29) is 17.9 Å². The minimum absolute atomic E-state index is 0.227. The molecule has 19 heavy (non-hydrogen) atoms. The van der Waals surface area contributed by atoms with Crippen LogP contribution in [0.3, 0.4) is 0 Å². The molecule has 0 aromatic heterocycles. The van der Waals surface area contributed by atoms with Gasteiger partial charge in [0.05, 0.1) is 22.6 Å². The predicted molar refractivity (Wildman–Crippen MR) is 64.2 cm³/mol. The number of rotatable bonds is 4. The highest BCUT2D eigenvalue weighted by molar-refractivity contribution is 5.95. The highest BCUT2D eigenvalue weighted by Gasteiger charge is 2.38. The molecule has 1 aromatic carbocycles. The van der Waals surface area contributed by atoms with Crippen molar-refractivity contribution in [3.05, 3.63) is 39.7 Å². The van der Waals surface area contributed by atoms with Gasteiger partial charge in [0.25, 0.3) is 11.6 Å². The van der Waals surface area contributed by atoms with Gasteiger partial charge in [-0.25, -0.2) is 4.39 Å². The van der Waals surface area contributed by atoms with E-state index in [0.29, 0.717) is 12.8 Å². The Morgan fingerprint density at radius 1 is 1.53 bits per heavy atom. The van der Waals surface area contributed by atoms with E-state index in [1.165, 1.54) is 0 Å². The number of hydrogen-bond acceptors (Lipinski definition) is 4. The van der Waals surface area contributed by atoms with E-state index < -0.39 is 22.2 Å². The summed E-state index contributed by atoms with van der Waals surface area (Å²) in [7, 11) is 0. The minimum atomic E-state index is -0.824. The molecule has 1 aliphatic carbocycles. The maximum atomic E-state index is 13.5. The number of non-ortho nitro benzene ring substituents is 1. The van der Waals surface area contributed by atoms with Crippen LogP contribution in [0.1, 0.15) is 29.6 Å². The molecule has 1 saturated carbocycles. The first-order valence-electron chi connectivity index (χ1n) is 5.85. The lowest BCUT2D eigenvalue weighted by molar-refractivity contribution is -0.384. The molecule has 2 N–H and O–H groups in total. The van der Waals surface area contributed by atoms with Gasteiger partial charge >= 0.3 is 0 Å². The first kappa shape index (κ1) is 13.4. The molecule has 0 spiro atoms. The fraction of sp³-hybridized carbons (Fsp3) is 0.417. The van der Waals surface area contributed by atoms with Gasteiger partial charge in [-0.3, -0.25) is 14.9 Å². The summed E-state index contributed by atoms with van der Waals surface area (Å²) >= 11 is 0. The molecule has 0 bridgehead atoms. The van der Waals surface area contributed by atoms with Crippen LogP contribution < -0.4 is 5.32 Å². The van der Waals surface area contributed by atoms with Crippen LogP contribution in [-0.2, 0) is 0 Å². The second-order valence-electron chi connectivity index (χ2n) is 4.67. The first-order valence-corrected chi connectivity index (χ1v) is 5.85. The van der Waals surface area contributed by atoms with E-state index in [1.54, 1.807) is 0 Å². The summed E-state index contributed by atoms with van der Waals surface area (Å²) in [6.45, 7) is -0.227. The van der Waals surface area contributed by atoms with Gasteiger partial charge in [-0.1, -0.05) is 0 Å². The molecule has 7 heteroatoms. The van der Waals surface area contributed by atoms with Crippen LogP contribution in [0.2, 0.25) is 0 Å². The molecule has 2 rings (SSSR count). The average Bonchev–Trinajstić information content (AvgIpc) is 2.33. The zero-order valence-corrected chi connectivity index (χ0v) is 10.1. The zero-order chi connectivity index (χ0) is 14.0. The third kappa shape index (κ3) is 2.55. The largest absolute Gasteiger partial charge is 0.394 e. The van der Waals surface area contributed by atoms with Crippen LogP contribution in [0.4, 0.5) is 10.1 Å². The van der Waals surface area contributed by atoms with Crippen molar-refractivity contribution < 1.29 is 19.2 Å². The number of carbonyl (C=O) groups is 1. The molecule has 1 aromatic rings. The molecule has 6 nitrogen and oxygen atoms in total. The van der Waals surface area contributed by atoms with Crippen LogP contribution in [0.15, 0.2) is 18.2 Å². The molecule has 1 fully saturated rings. The average molecular weight is 268 g/mol. The van der Waals surface area contributed by atoms with E-state index in [9.17, 15) is 24.4 Å². The predicted octanol–water partition coefficient (Wildman–Crippen LogP) is 1.38. The van der Waals surface area contributed by atoms with Gasteiger partial charge in [0.15, 0.2) is 0 Å². The highest BCUT2D eigenvalue weighted by Crippen LogP contribution is 2.31. The SMILES string of the molecule is O=C(NC1(CO)CCC1)c1cc([N+](=O)[O-])ccc1F. The van der Waals surface area contributed by atoms with Crippen molar-refractivity contribution in [1.82, 2.24) is 5.32 Å². The molecule has 1 amide bonds. The fourth-order valence-electron chi connectivity index (χ4n) is 2.04. The lowest BCUT2D eigenvalue weighted by Crippen LogP contribution is -2.56. The quantitative estimate of drug-likeness (QED) is 0.637. The Bertz CT molecular complexity index is 523. The van der Waals surface area contributed by atoms with Crippen LogP contribution in [0, 0.1) is 15.9 Å². The number of halogens is 1. The summed E-state index contributed by atoms with van der Waals surface area (Å²) in [5.41, 5.74) is -1.44. The molecule has 0 saturated heterocycles. The van der Waals surface area contributed by atoms with E-state index in [1.807, 2.05) is 0 Å². The van der Waals surface area contributed by atoms with E-state index >= 15 is 0 Å². The number of aliphatic hydroxyl groups excluding tert-OH is 1. The van der Waals surface area contributed by atoms with Crippen molar-refractivity contribution in [2.24, 2.45) is 0 Å². The second kappa shape index (κ2) is 4.93. The van der Waals surface area contributed by atoms with Crippen LogP contribution in [0.25, 0.3) is 0 Å². The summed E-state index contributed by atoms with van der Waals surface area (Å²) in [6, 6.07) is 2.78. The normalized spacial score (nSPS) is 16.5. The molecule has 0 unspecified atom stereocenters. The summed E-state index contributed by atoms with van der Waals surface area (Å²) in [6.07, 6.45) is 2.11. The Morgan fingerprint density at radius 2 is 2.21 bits per heavy atom. The van der Waals surface area contributed by atoms with Crippen molar-refractivity contribution in [1.29, 1.82) is 0 Å². The van der Waals surface area contributed by atoms with Crippen LogP contribution in [0.5, 0.6) is 0 Å². The number of benzene rings is 1.